The molecule has 0 aliphatic rings. The van der Waals surface area contributed by atoms with Gasteiger partial charge in [0.1, 0.15) is 0 Å². The highest BCUT2D eigenvalue weighted by Gasteiger charge is 2.13. The number of non-ortho nitro benzene ring substituents is 1. The van der Waals surface area contributed by atoms with E-state index in [2.05, 4.69) is 5.32 Å². The van der Waals surface area contributed by atoms with Crippen molar-refractivity contribution in [3.05, 3.63) is 39.9 Å². The maximum Gasteiger partial charge on any atom is 0.308 e. The standard InChI is InChI=1S/C12H14N2O5/c1-8(12(16)17)7-13-11(15)6-9-3-2-4-10(5-9)14(18)19/h2-5,8H,6-7H2,1H3,(H,13,15)(H,16,17). The first-order valence-corrected chi connectivity index (χ1v) is 5.63. The molecule has 0 saturated heterocycles. The van der Waals surface area contributed by atoms with Crippen molar-refractivity contribution in [1.82, 2.24) is 5.32 Å². The number of nitrogens with one attached hydrogen (secondary N) is 1. The van der Waals surface area contributed by atoms with Crippen molar-refractivity contribution in [2.24, 2.45) is 5.92 Å². The SMILES string of the molecule is CC(CNC(=O)Cc1cccc([N+](=O)[O-])c1)C(=O)O. The smallest absolute Gasteiger partial charge is 0.308 e. The maximum absolute atomic E-state index is 11.5. The first kappa shape index (κ1) is 14.6. The highest BCUT2D eigenvalue weighted by Crippen LogP contribution is 2.13. The molecular formula is C12H14N2O5. The molecule has 2 N–H and O–H groups in total. The van der Waals surface area contributed by atoms with E-state index in [1.54, 1.807) is 6.07 Å². The largest absolute Gasteiger partial charge is 0.481 e. The van der Waals surface area contributed by atoms with Gasteiger partial charge in [-0.3, -0.25) is 19.7 Å². The second-order valence-electron chi connectivity index (χ2n) is 4.15. The van der Waals surface area contributed by atoms with Gasteiger partial charge < -0.3 is 10.4 Å². The Bertz CT molecular complexity index is 501. The van der Waals surface area contributed by atoms with Gasteiger partial charge in [-0.05, 0) is 5.56 Å². The molecule has 1 atom stereocenters. The quantitative estimate of drug-likeness (QED) is 0.589. The number of hydrogen-bond donors (Lipinski definition) is 2. The Balaban J connectivity index is 2.55. The minimum Gasteiger partial charge on any atom is -0.481 e. The van der Waals surface area contributed by atoms with Crippen LogP contribution in [0.2, 0.25) is 0 Å². The van der Waals surface area contributed by atoms with E-state index >= 15 is 0 Å². The van der Waals surface area contributed by atoms with Gasteiger partial charge in [-0.2, -0.15) is 0 Å². The lowest BCUT2D eigenvalue weighted by atomic mass is 10.1. The molecule has 0 aliphatic carbocycles. The van der Waals surface area contributed by atoms with Gasteiger partial charge in [-0.15, -0.1) is 0 Å². The van der Waals surface area contributed by atoms with Crippen molar-refractivity contribution in [2.45, 2.75) is 13.3 Å². The van der Waals surface area contributed by atoms with E-state index in [-0.39, 0.29) is 24.6 Å². The number of nitro groups is 1. The molecule has 0 spiro atoms. The summed E-state index contributed by atoms with van der Waals surface area (Å²) in [6, 6.07) is 5.77. The summed E-state index contributed by atoms with van der Waals surface area (Å²) < 4.78 is 0. The summed E-state index contributed by atoms with van der Waals surface area (Å²) >= 11 is 0. The molecule has 0 bridgehead atoms. The highest BCUT2D eigenvalue weighted by molar-refractivity contribution is 5.79. The first-order valence-electron chi connectivity index (χ1n) is 5.63. The lowest BCUT2D eigenvalue weighted by Crippen LogP contribution is -2.32. The summed E-state index contributed by atoms with van der Waals surface area (Å²) in [5.41, 5.74) is 0.430. The van der Waals surface area contributed by atoms with E-state index in [9.17, 15) is 19.7 Å². The fourth-order valence-electron chi connectivity index (χ4n) is 1.38. The summed E-state index contributed by atoms with van der Waals surface area (Å²) in [5, 5.41) is 21.7. The number of aliphatic carboxylic acids is 1. The number of nitrogens with zero attached hydrogens (tertiary/aromatic N) is 1. The molecule has 0 radical (unpaired) electrons. The molecule has 0 aromatic heterocycles. The number of benzene rings is 1. The number of carbonyl (C=O) groups is 2. The molecule has 1 rings (SSSR count). The third kappa shape index (κ3) is 4.74. The van der Waals surface area contributed by atoms with Gasteiger partial charge in [0.25, 0.3) is 5.69 Å². The van der Waals surface area contributed by atoms with Gasteiger partial charge in [0.15, 0.2) is 0 Å². The van der Waals surface area contributed by atoms with Crippen LogP contribution in [-0.4, -0.2) is 28.5 Å². The lowest BCUT2D eigenvalue weighted by molar-refractivity contribution is -0.384. The van der Waals surface area contributed by atoms with E-state index in [1.165, 1.54) is 25.1 Å². The van der Waals surface area contributed by atoms with Crippen LogP contribution in [0.5, 0.6) is 0 Å². The third-order valence-corrected chi connectivity index (χ3v) is 2.51. The fraction of sp³-hybridized carbons (Fsp3) is 0.333. The second-order valence-corrected chi connectivity index (χ2v) is 4.15. The van der Waals surface area contributed by atoms with E-state index in [4.69, 9.17) is 5.11 Å². The first-order chi connectivity index (χ1) is 8.90. The van der Waals surface area contributed by atoms with E-state index < -0.39 is 16.8 Å². The molecule has 1 amide bonds. The van der Waals surface area contributed by atoms with Gasteiger partial charge in [-0.1, -0.05) is 19.1 Å². The fourth-order valence-corrected chi connectivity index (χ4v) is 1.38. The predicted octanol–water partition coefficient (Wildman–Crippen LogP) is 0.974. The van der Waals surface area contributed by atoms with Gasteiger partial charge in [0, 0.05) is 18.7 Å². The Morgan fingerprint density at radius 1 is 1.47 bits per heavy atom. The van der Waals surface area contributed by atoms with E-state index in [1.807, 2.05) is 0 Å². The zero-order valence-corrected chi connectivity index (χ0v) is 10.3. The minimum absolute atomic E-state index is 0.0198. The number of amides is 1. The molecule has 7 heteroatoms. The molecule has 19 heavy (non-hydrogen) atoms. The number of hydrogen-bond acceptors (Lipinski definition) is 4. The normalized spacial score (nSPS) is 11.6. The summed E-state index contributed by atoms with van der Waals surface area (Å²) in [4.78, 5) is 32.1. The van der Waals surface area contributed by atoms with Crippen molar-refractivity contribution in [3.63, 3.8) is 0 Å². The Labute approximate surface area is 109 Å². The van der Waals surface area contributed by atoms with Crippen molar-refractivity contribution < 1.29 is 19.6 Å². The summed E-state index contributed by atoms with van der Waals surface area (Å²) in [6.45, 7) is 1.51. The van der Waals surface area contributed by atoms with Crippen LogP contribution in [0.1, 0.15) is 12.5 Å². The third-order valence-electron chi connectivity index (χ3n) is 2.51. The minimum atomic E-state index is -0.990. The van der Waals surface area contributed by atoms with Crippen molar-refractivity contribution in [3.8, 4) is 0 Å². The molecule has 0 heterocycles. The van der Waals surface area contributed by atoms with Crippen LogP contribution in [-0.2, 0) is 16.0 Å². The molecule has 7 nitrogen and oxygen atoms in total. The predicted molar refractivity (Wildman–Crippen MR) is 66.6 cm³/mol. The van der Waals surface area contributed by atoms with Crippen LogP contribution in [0.15, 0.2) is 24.3 Å². The van der Waals surface area contributed by atoms with Crippen LogP contribution in [0, 0.1) is 16.0 Å². The Kier molecular flexibility index (Phi) is 4.99. The molecule has 0 fully saturated rings. The average molecular weight is 266 g/mol. The zero-order valence-electron chi connectivity index (χ0n) is 10.3. The van der Waals surface area contributed by atoms with Crippen LogP contribution in [0.25, 0.3) is 0 Å². The number of rotatable bonds is 6. The molecule has 1 aromatic rings. The van der Waals surface area contributed by atoms with Crippen LogP contribution >= 0.6 is 0 Å². The molecule has 1 aromatic carbocycles. The van der Waals surface area contributed by atoms with Gasteiger partial charge in [-0.25, -0.2) is 0 Å². The maximum atomic E-state index is 11.5. The van der Waals surface area contributed by atoms with E-state index in [0.29, 0.717) is 5.56 Å². The summed E-state index contributed by atoms with van der Waals surface area (Å²) in [5.74, 6) is -2.03. The number of carboxylic acid groups (broad SMARTS) is 1. The Hall–Kier alpha value is -2.44. The molecule has 0 aliphatic heterocycles. The Morgan fingerprint density at radius 3 is 2.74 bits per heavy atom. The van der Waals surface area contributed by atoms with Crippen molar-refractivity contribution in [1.29, 1.82) is 0 Å². The van der Waals surface area contributed by atoms with Crippen molar-refractivity contribution in [2.75, 3.05) is 6.54 Å². The number of nitro benzene ring substituents is 1. The van der Waals surface area contributed by atoms with Crippen LogP contribution < -0.4 is 5.32 Å². The summed E-state index contributed by atoms with van der Waals surface area (Å²) in [6.07, 6.45) is -0.0198. The van der Waals surface area contributed by atoms with Crippen LogP contribution in [0.4, 0.5) is 5.69 Å². The average Bonchev–Trinajstić information content (AvgIpc) is 2.36. The Morgan fingerprint density at radius 2 is 2.16 bits per heavy atom. The summed E-state index contributed by atoms with van der Waals surface area (Å²) in [7, 11) is 0. The van der Waals surface area contributed by atoms with E-state index in [0.717, 1.165) is 0 Å². The molecule has 1 unspecified atom stereocenters. The number of carbonyl (C=O) groups excluding carboxylic acids is 1. The molecule has 0 saturated carbocycles. The lowest BCUT2D eigenvalue weighted by Gasteiger charge is -2.08. The zero-order chi connectivity index (χ0) is 14.4. The second kappa shape index (κ2) is 6.48. The van der Waals surface area contributed by atoms with Crippen LogP contribution in [0.3, 0.4) is 0 Å². The topological polar surface area (TPSA) is 110 Å². The monoisotopic (exact) mass is 266 g/mol. The molecular weight excluding hydrogens is 252 g/mol. The highest BCUT2D eigenvalue weighted by atomic mass is 16.6. The van der Waals surface area contributed by atoms with Gasteiger partial charge >= 0.3 is 5.97 Å². The number of carboxylic acids is 1. The molecule has 102 valence electrons. The van der Waals surface area contributed by atoms with Crippen molar-refractivity contribution >= 4 is 17.6 Å². The van der Waals surface area contributed by atoms with Gasteiger partial charge in [0.05, 0.1) is 17.3 Å². The van der Waals surface area contributed by atoms with Gasteiger partial charge in [0.2, 0.25) is 5.91 Å².